The Kier molecular flexibility index (Phi) is 8.04. The fourth-order valence-corrected chi connectivity index (χ4v) is 3.62. The molecular formula is C27H23FO8. The van der Waals surface area contributed by atoms with Crippen LogP contribution in [0.15, 0.2) is 91.0 Å². The Balaban J connectivity index is 1.52. The Hall–Kier alpha value is -4.08. The molecule has 36 heavy (non-hydrogen) atoms. The monoisotopic (exact) mass is 494 g/mol. The van der Waals surface area contributed by atoms with Gasteiger partial charge in [-0.2, -0.15) is 0 Å². The molecule has 4 rings (SSSR count). The van der Waals surface area contributed by atoms with Crippen LogP contribution in [-0.2, 0) is 18.9 Å². The van der Waals surface area contributed by atoms with Crippen molar-refractivity contribution < 1.29 is 42.8 Å². The lowest BCUT2D eigenvalue weighted by Crippen LogP contribution is -2.60. The van der Waals surface area contributed by atoms with Gasteiger partial charge in [-0.1, -0.05) is 54.6 Å². The Morgan fingerprint density at radius 2 is 1.11 bits per heavy atom. The van der Waals surface area contributed by atoms with Crippen molar-refractivity contribution in [3.8, 4) is 0 Å². The summed E-state index contributed by atoms with van der Waals surface area (Å²) in [7, 11) is 0. The van der Waals surface area contributed by atoms with Gasteiger partial charge < -0.3 is 24.1 Å². The van der Waals surface area contributed by atoms with Gasteiger partial charge in [-0.3, -0.25) is 0 Å². The molecule has 1 aliphatic heterocycles. The third kappa shape index (κ3) is 5.94. The van der Waals surface area contributed by atoms with Gasteiger partial charge in [0.1, 0.15) is 12.7 Å². The number of hydrogen-bond acceptors (Lipinski definition) is 8. The minimum atomic E-state index is -2.10. The number of halogens is 1. The molecule has 1 heterocycles. The van der Waals surface area contributed by atoms with Gasteiger partial charge in [-0.05, 0) is 36.4 Å². The van der Waals surface area contributed by atoms with Gasteiger partial charge in [0, 0.05) is 0 Å². The van der Waals surface area contributed by atoms with Gasteiger partial charge >= 0.3 is 17.9 Å². The topological polar surface area (TPSA) is 108 Å². The van der Waals surface area contributed by atoms with E-state index in [1.54, 1.807) is 54.6 Å². The number of benzene rings is 3. The standard InChI is InChI=1S/C27H23FO8/c28-21-20(16-33-24(29)17-10-4-1-5-11-17)34-27(32)23(36-26(31)19-14-8-3-9-15-19)22(21)35-25(30)18-12-6-2-7-13-18/h1-15,20-23,27,32H,16H2/t20?,21?,22?,23-,27?/m0/s1. The number of aliphatic hydroxyl groups excluding tert-OH is 1. The highest BCUT2D eigenvalue weighted by molar-refractivity contribution is 5.90. The smallest absolute Gasteiger partial charge is 0.338 e. The molecule has 3 aromatic carbocycles. The molecule has 0 radical (unpaired) electrons. The first-order valence-electron chi connectivity index (χ1n) is 11.2. The summed E-state index contributed by atoms with van der Waals surface area (Å²) in [4.78, 5) is 37.6. The van der Waals surface area contributed by atoms with Crippen LogP contribution in [0.5, 0.6) is 0 Å². The summed E-state index contributed by atoms with van der Waals surface area (Å²) in [5, 5.41) is 10.6. The van der Waals surface area contributed by atoms with Crippen molar-refractivity contribution in [1.29, 1.82) is 0 Å². The van der Waals surface area contributed by atoms with Crippen molar-refractivity contribution in [3.63, 3.8) is 0 Å². The number of esters is 3. The predicted octanol–water partition coefficient (Wildman–Crippen LogP) is 3.35. The molecule has 1 aliphatic rings. The van der Waals surface area contributed by atoms with E-state index in [1.807, 2.05) is 0 Å². The van der Waals surface area contributed by atoms with E-state index in [4.69, 9.17) is 18.9 Å². The Morgan fingerprint density at radius 3 is 1.58 bits per heavy atom. The van der Waals surface area contributed by atoms with E-state index in [9.17, 15) is 19.5 Å². The zero-order valence-corrected chi connectivity index (χ0v) is 18.9. The maximum absolute atomic E-state index is 15.6. The highest BCUT2D eigenvalue weighted by atomic mass is 19.1. The number of carbonyl (C=O) groups excluding carboxylic acids is 3. The van der Waals surface area contributed by atoms with Crippen LogP contribution in [-0.4, -0.2) is 60.4 Å². The van der Waals surface area contributed by atoms with Crippen molar-refractivity contribution in [2.24, 2.45) is 0 Å². The van der Waals surface area contributed by atoms with Crippen LogP contribution < -0.4 is 0 Å². The third-order valence-electron chi connectivity index (χ3n) is 5.48. The van der Waals surface area contributed by atoms with Gasteiger partial charge in [-0.25, -0.2) is 18.8 Å². The van der Waals surface area contributed by atoms with E-state index in [0.29, 0.717) is 0 Å². The van der Waals surface area contributed by atoms with Crippen LogP contribution in [0.2, 0.25) is 0 Å². The lowest BCUT2D eigenvalue weighted by Gasteiger charge is -2.40. The van der Waals surface area contributed by atoms with Crippen molar-refractivity contribution >= 4 is 17.9 Å². The number of ether oxygens (including phenoxy) is 4. The van der Waals surface area contributed by atoms with Crippen LogP contribution in [0.3, 0.4) is 0 Å². The molecule has 0 amide bonds. The highest BCUT2D eigenvalue weighted by Crippen LogP contribution is 2.29. The predicted molar refractivity (Wildman–Crippen MR) is 124 cm³/mol. The SMILES string of the molecule is O=C(OCC1OC(O)[C@@H](OC(=O)c2ccccc2)C(OC(=O)c2ccccc2)C1F)c1ccccc1. The molecule has 1 saturated heterocycles. The molecule has 5 atom stereocenters. The van der Waals surface area contributed by atoms with E-state index < -0.39 is 55.3 Å². The van der Waals surface area contributed by atoms with Crippen LogP contribution >= 0.6 is 0 Å². The van der Waals surface area contributed by atoms with E-state index in [-0.39, 0.29) is 16.7 Å². The first-order valence-corrected chi connectivity index (χ1v) is 11.2. The second kappa shape index (κ2) is 11.6. The molecule has 9 heteroatoms. The molecular weight excluding hydrogens is 471 g/mol. The second-order valence-electron chi connectivity index (χ2n) is 7.95. The van der Waals surface area contributed by atoms with Gasteiger partial charge in [0.05, 0.1) is 16.7 Å². The van der Waals surface area contributed by atoms with Crippen molar-refractivity contribution in [1.82, 2.24) is 0 Å². The maximum atomic E-state index is 15.6. The Morgan fingerprint density at radius 1 is 0.694 bits per heavy atom. The summed E-state index contributed by atoms with van der Waals surface area (Å²) < 4.78 is 36.7. The number of carbonyl (C=O) groups is 3. The minimum absolute atomic E-state index is 0.130. The zero-order valence-electron chi connectivity index (χ0n) is 18.9. The van der Waals surface area contributed by atoms with E-state index in [0.717, 1.165) is 0 Å². The molecule has 0 saturated carbocycles. The molecule has 8 nitrogen and oxygen atoms in total. The van der Waals surface area contributed by atoms with Crippen LogP contribution in [0.4, 0.5) is 4.39 Å². The summed E-state index contributed by atoms with van der Waals surface area (Å²) in [6, 6.07) is 23.7. The minimum Gasteiger partial charge on any atom is -0.459 e. The lowest BCUT2D eigenvalue weighted by molar-refractivity contribution is -0.273. The first kappa shape index (κ1) is 25.0. The van der Waals surface area contributed by atoms with Crippen LogP contribution in [0, 0.1) is 0 Å². The summed E-state index contributed by atoms with van der Waals surface area (Å²) in [6.45, 7) is -0.579. The highest BCUT2D eigenvalue weighted by Gasteiger charge is 2.51. The molecule has 0 bridgehead atoms. The van der Waals surface area contributed by atoms with Gasteiger partial charge in [0.15, 0.2) is 24.7 Å². The van der Waals surface area contributed by atoms with Gasteiger partial charge in [-0.15, -0.1) is 0 Å². The molecule has 0 spiro atoms. The summed E-state index contributed by atoms with van der Waals surface area (Å²) in [5.74, 6) is -2.49. The summed E-state index contributed by atoms with van der Waals surface area (Å²) >= 11 is 0. The number of rotatable bonds is 7. The lowest BCUT2D eigenvalue weighted by atomic mass is 9.99. The molecule has 3 aromatic rings. The maximum Gasteiger partial charge on any atom is 0.338 e. The average Bonchev–Trinajstić information content (AvgIpc) is 2.92. The number of aliphatic hydroxyl groups is 1. The molecule has 0 aliphatic carbocycles. The molecule has 1 N–H and O–H groups in total. The number of alkyl halides is 1. The fraction of sp³-hybridized carbons (Fsp3) is 0.222. The van der Waals surface area contributed by atoms with Crippen molar-refractivity contribution in [2.45, 2.75) is 30.8 Å². The second-order valence-corrected chi connectivity index (χ2v) is 7.95. The normalized spacial score (nSPS) is 23.3. The zero-order chi connectivity index (χ0) is 25.5. The van der Waals surface area contributed by atoms with Crippen LogP contribution in [0.25, 0.3) is 0 Å². The number of hydrogen-bond donors (Lipinski definition) is 1. The van der Waals surface area contributed by atoms with Crippen molar-refractivity contribution in [2.75, 3.05) is 6.61 Å². The third-order valence-corrected chi connectivity index (χ3v) is 5.48. The summed E-state index contributed by atoms with van der Waals surface area (Å²) in [6.07, 6.45) is -8.87. The molecule has 4 unspecified atom stereocenters. The Bertz CT molecular complexity index is 1170. The van der Waals surface area contributed by atoms with Gasteiger partial charge in [0.25, 0.3) is 0 Å². The van der Waals surface area contributed by atoms with Gasteiger partial charge in [0.2, 0.25) is 0 Å². The Labute approximate surface area is 206 Å². The quantitative estimate of drug-likeness (QED) is 0.394. The van der Waals surface area contributed by atoms with E-state index in [1.165, 1.54) is 36.4 Å². The largest absolute Gasteiger partial charge is 0.459 e. The summed E-state index contributed by atoms with van der Waals surface area (Å²) in [5.41, 5.74) is 0.518. The van der Waals surface area contributed by atoms with Crippen molar-refractivity contribution in [3.05, 3.63) is 108 Å². The average molecular weight is 494 g/mol. The molecule has 1 fully saturated rings. The van der Waals surface area contributed by atoms with Crippen LogP contribution in [0.1, 0.15) is 31.1 Å². The molecule has 186 valence electrons. The fourth-order valence-electron chi connectivity index (χ4n) is 3.62. The first-order chi connectivity index (χ1) is 17.4. The van der Waals surface area contributed by atoms with E-state index >= 15 is 4.39 Å². The van der Waals surface area contributed by atoms with E-state index in [2.05, 4.69) is 0 Å². The molecule has 0 aromatic heterocycles.